The standard InChI is InChI=1S/C10H9N3O4S/c1-5-8(13(15)16)3-9(17-5)7-4-18-10(12-7)11-6(2)14/h3-4H,1-2H3,(H,11,12,14). The summed E-state index contributed by atoms with van der Waals surface area (Å²) in [6, 6.07) is 1.32. The second kappa shape index (κ2) is 4.57. The molecule has 0 bridgehead atoms. The average Bonchev–Trinajstić information content (AvgIpc) is 2.83. The van der Waals surface area contributed by atoms with Crippen LogP contribution in [0.1, 0.15) is 12.7 Å². The molecule has 0 aromatic carbocycles. The van der Waals surface area contributed by atoms with Crippen LogP contribution >= 0.6 is 11.3 Å². The van der Waals surface area contributed by atoms with Gasteiger partial charge in [0.1, 0.15) is 5.69 Å². The molecule has 0 fully saturated rings. The van der Waals surface area contributed by atoms with E-state index in [4.69, 9.17) is 4.42 Å². The molecule has 0 saturated carbocycles. The van der Waals surface area contributed by atoms with E-state index in [2.05, 4.69) is 10.3 Å². The number of anilines is 1. The maximum Gasteiger partial charge on any atom is 0.310 e. The first-order valence-electron chi connectivity index (χ1n) is 4.95. The van der Waals surface area contributed by atoms with E-state index < -0.39 is 4.92 Å². The van der Waals surface area contributed by atoms with Crippen molar-refractivity contribution in [1.29, 1.82) is 0 Å². The fraction of sp³-hybridized carbons (Fsp3) is 0.200. The number of furan rings is 1. The molecule has 2 aromatic rings. The molecule has 2 aromatic heterocycles. The van der Waals surface area contributed by atoms with Gasteiger partial charge in [-0.15, -0.1) is 11.3 Å². The molecular weight excluding hydrogens is 258 g/mol. The Morgan fingerprint density at radius 3 is 2.89 bits per heavy atom. The number of aryl methyl sites for hydroxylation is 1. The van der Waals surface area contributed by atoms with Crippen LogP contribution in [0.15, 0.2) is 15.9 Å². The van der Waals surface area contributed by atoms with Crippen LogP contribution in [0.2, 0.25) is 0 Å². The highest BCUT2D eigenvalue weighted by Gasteiger charge is 2.19. The van der Waals surface area contributed by atoms with Crippen LogP contribution in [0.3, 0.4) is 0 Å². The quantitative estimate of drug-likeness (QED) is 0.680. The van der Waals surface area contributed by atoms with Crippen LogP contribution in [-0.4, -0.2) is 15.8 Å². The van der Waals surface area contributed by atoms with Gasteiger partial charge in [0, 0.05) is 19.2 Å². The Morgan fingerprint density at radius 2 is 2.33 bits per heavy atom. The average molecular weight is 267 g/mol. The molecule has 0 atom stereocenters. The van der Waals surface area contributed by atoms with Crippen LogP contribution in [0, 0.1) is 17.0 Å². The van der Waals surface area contributed by atoms with Gasteiger partial charge in [0.25, 0.3) is 0 Å². The molecular formula is C10H9N3O4S. The minimum Gasteiger partial charge on any atom is -0.452 e. The molecule has 0 aliphatic heterocycles. The zero-order valence-electron chi connectivity index (χ0n) is 9.59. The van der Waals surface area contributed by atoms with Crippen molar-refractivity contribution in [2.24, 2.45) is 0 Å². The summed E-state index contributed by atoms with van der Waals surface area (Å²) in [5.41, 5.74) is 0.374. The maximum atomic E-state index is 10.8. The predicted molar refractivity (Wildman–Crippen MR) is 65.5 cm³/mol. The van der Waals surface area contributed by atoms with Gasteiger partial charge in [-0.3, -0.25) is 14.9 Å². The Labute approximate surface area is 106 Å². The summed E-state index contributed by atoms with van der Waals surface area (Å²) in [7, 11) is 0. The van der Waals surface area contributed by atoms with Gasteiger partial charge in [0.05, 0.1) is 11.0 Å². The molecule has 0 saturated heterocycles. The highest BCUT2D eigenvalue weighted by Crippen LogP contribution is 2.31. The molecule has 0 spiro atoms. The van der Waals surface area contributed by atoms with Gasteiger partial charge in [-0.2, -0.15) is 0 Å². The first-order valence-corrected chi connectivity index (χ1v) is 5.83. The van der Waals surface area contributed by atoms with Crippen molar-refractivity contribution in [3.63, 3.8) is 0 Å². The number of nitrogens with zero attached hydrogens (tertiary/aromatic N) is 2. The third-order valence-corrected chi connectivity index (χ3v) is 2.89. The monoisotopic (exact) mass is 267 g/mol. The smallest absolute Gasteiger partial charge is 0.310 e. The summed E-state index contributed by atoms with van der Waals surface area (Å²) >= 11 is 1.22. The number of amides is 1. The summed E-state index contributed by atoms with van der Waals surface area (Å²) < 4.78 is 5.27. The Kier molecular flexibility index (Phi) is 3.11. The Morgan fingerprint density at radius 1 is 1.61 bits per heavy atom. The molecule has 8 heteroatoms. The van der Waals surface area contributed by atoms with Gasteiger partial charge >= 0.3 is 5.69 Å². The lowest BCUT2D eigenvalue weighted by Crippen LogP contribution is -2.04. The van der Waals surface area contributed by atoms with Crippen molar-refractivity contribution in [1.82, 2.24) is 4.98 Å². The highest BCUT2D eigenvalue weighted by molar-refractivity contribution is 7.14. The number of thiazole rings is 1. The van der Waals surface area contributed by atoms with Crippen molar-refractivity contribution < 1.29 is 14.1 Å². The van der Waals surface area contributed by atoms with Gasteiger partial charge in [-0.25, -0.2) is 4.98 Å². The lowest BCUT2D eigenvalue weighted by Gasteiger charge is -1.92. The summed E-state index contributed by atoms with van der Waals surface area (Å²) in [5, 5.41) is 15.3. The molecule has 1 N–H and O–H groups in total. The normalized spacial score (nSPS) is 10.3. The van der Waals surface area contributed by atoms with E-state index in [1.807, 2.05) is 0 Å². The maximum absolute atomic E-state index is 10.8. The molecule has 0 radical (unpaired) electrons. The largest absolute Gasteiger partial charge is 0.452 e. The van der Waals surface area contributed by atoms with E-state index in [9.17, 15) is 14.9 Å². The van der Waals surface area contributed by atoms with Gasteiger partial charge in [-0.1, -0.05) is 0 Å². The van der Waals surface area contributed by atoms with Crippen molar-refractivity contribution in [3.8, 4) is 11.5 Å². The van der Waals surface area contributed by atoms with E-state index in [-0.39, 0.29) is 17.4 Å². The predicted octanol–water partition coefficient (Wildman–Crippen LogP) is 2.58. The van der Waals surface area contributed by atoms with Crippen molar-refractivity contribution >= 4 is 28.1 Å². The topological polar surface area (TPSA) is 98.3 Å². The van der Waals surface area contributed by atoms with Crippen molar-refractivity contribution in [2.75, 3.05) is 5.32 Å². The minimum absolute atomic E-state index is 0.0842. The number of carbonyl (C=O) groups excluding carboxylic acids is 1. The fourth-order valence-corrected chi connectivity index (χ4v) is 2.12. The molecule has 0 unspecified atom stereocenters. The first kappa shape index (κ1) is 12.2. The van der Waals surface area contributed by atoms with Gasteiger partial charge in [0.15, 0.2) is 16.7 Å². The first-order chi connectivity index (χ1) is 8.47. The minimum atomic E-state index is -0.510. The number of nitrogens with one attached hydrogen (secondary N) is 1. The Balaban J connectivity index is 2.31. The molecule has 2 heterocycles. The number of nitro groups is 1. The lowest BCUT2D eigenvalue weighted by molar-refractivity contribution is -0.385. The zero-order valence-corrected chi connectivity index (χ0v) is 10.4. The Bertz CT molecular complexity index is 616. The van der Waals surface area contributed by atoms with Crippen LogP contribution in [-0.2, 0) is 4.79 Å². The summed E-state index contributed by atoms with van der Waals surface area (Å²) in [5.74, 6) is 0.314. The van der Waals surface area contributed by atoms with Crippen LogP contribution in [0.25, 0.3) is 11.5 Å². The molecule has 18 heavy (non-hydrogen) atoms. The van der Waals surface area contributed by atoms with E-state index >= 15 is 0 Å². The fourth-order valence-electron chi connectivity index (χ4n) is 1.37. The molecule has 1 amide bonds. The summed E-state index contributed by atoms with van der Waals surface area (Å²) in [6.07, 6.45) is 0. The number of carbonyl (C=O) groups is 1. The van der Waals surface area contributed by atoms with Crippen LogP contribution < -0.4 is 5.32 Å². The molecule has 2 rings (SSSR count). The Hall–Kier alpha value is -2.22. The SMILES string of the molecule is CC(=O)Nc1nc(-c2cc([N+](=O)[O-])c(C)o2)cs1. The number of rotatable bonds is 3. The van der Waals surface area contributed by atoms with Crippen LogP contribution in [0.5, 0.6) is 0 Å². The number of hydrogen-bond donors (Lipinski definition) is 1. The number of hydrogen-bond acceptors (Lipinski definition) is 6. The van der Waals surface area contributed by atoms with Gasteiger partial charge < -0.3 is 9.73 Å². The van der Waals surface area contributed by atoms with Gasteiger partial charge in [0.2, 0.25) is 5.91 Å². The third-order valence-electron chi connectivity index (χ3n) is 2.13. The second-order valence-corrected chi connectivity index (χ2v) is 4.39. The van der Waals surface area contributed by atoms with E-state index in [0.717, 1.165) is 0 Å². The summed E-state index contributed by atoms with van der Waals surface area (Å²) in [4.78, 5) is 25.1. The third kappa shape index (κ3) is 2.38. The summed E-state index contributed by atoms with van der Waals surface area (Å²) in [6.45, 7) is 2.89. The zero-order chi connectivity index (χ0) is 13.3. The molecule has 7 nitrogen and oxygen atoms in total. The second-order valence-electron chi connectivity index (χ2n) is 3.53. The van der Waals surface area contributed by atoms with E-state index in [1.165, 1.54) is 31.3 Å². The molecule has 94 valence electrons. The van der Waals surface area contributed by atoms with Gasteiger partial charge in [-0.05, 0) is 0 Å². The van der Waals surface area contributed by atoms with Crippen molar-refractivity contribution in [3.05, 3.63) is 27.3 Å². The van der Waals surface area contributed by atoms with E-state index in [1.54, 1.807) is 5.38 Å². The highest BCUT2D eigenvalue weighted by atomic mass is 32.1. The van der Waals surface area contributed by atoms with Crippen LogP contribution in [0.4, 0.5) is 10.8 Å². The van der Waals surface area contributed by atoms with E-state index in [0.29, 0.717) is 16.6 Å². The molecule has 0 aliphatic carbocycles. The number of aromatic nitrogens is 1. The molecule has 0 aliphatic rings. The lowest BCUT2D eigenvalue weighted by atomic mass is 10.3. The van der Waals surface area contributed by atoms with Crippen molar-refractivity contribution in [2.45, 2.75) is 13.8 Å².